The third-order valence-corrected chi connectivity index (χ3v) is 4.16. The number of carbonyl (C=O) groups is 3. The SMILES string of the molecule is CC(C)c1ccc(C(=O)OCC(=O)Nc2sccc2C(N)=O)cc1. The molecular formula is C17H18N2O4S. The van der Waals surface area contributed by atoms with E-state index in [1.165, 1.54) is 17.4 Å². The molecule has 0 aliphatic carbocycles. The Bertz CT molecular complexity index is 750. The summed E-state index contributed by atoms with van der Waals surface area (Å²) in [7, 11) is 0. The van der Waals surface area contributed by atoms with Gasteiger partial charge in [-0.25, -0.2) is 4.79 Å². The average molecular weight is 346 g/mol. The summed E-state index contributed by atoms with van der Waals surface area (Å²) in [5, 5.41) is 4.48. The molecule has 24 heavy (non-hydrogen) atoms. The molecule has 0 saturated heterocycles. The lowest BCUT2D eigenvalue weighted by molar-refractivity contribution is -0.119. The number of rotatable bonds is 6. The van der Waals surface area contributed by atoms with Crippen molar-refractivity contribution < 1.29 is 19.1 Å². The minimum absolute atomic E-state index is 0.226. The normalized spacial score (nSPS) is 10.5. The number of anilines is 1. The van der Waals surface area contributed by atoms with Gasteiger partial charge in [-0.05, 0) is 35.1 Å². The molecule has 2 amide bonds. The van der Waals surface area contributed by atoms with Crippen LogP contribution in [0, 0.1) is 0 Å². The van der Waals surface area contributed by atoms with Gasteiger partial charge in [-0.3, -0.25) is 9.59 Å². The van der Waals surface area contributed by atoms with E-state index in [0.717, 1.165) is 5.56 Å². The van der Waals surface area contributed by atoms with Crippen LogP contribution in [-0.2, 0) is 9.53 Å². The molecule has 0 saturated carbocycles. The predicted molar refractivity (Wildman–Crippen MR) is 92.3 cm³/mol. The maximum atomic E-state index is 11.9. The minimum atomic E-state index is -0.631. The van der Waals surface area contributed by atoms with E-state index in [0.29, 0.717) is 16.5 Å². The van der Waals surface area contributed by atoms with Gasteiger partial charge in [-0.1, -0.05) is 26.0 Å². The maximum Gasteiger partial charge on any atom is 0.338 e. The van der Waals surface area contributed by atoms with Crippen molar-refractivity contribution in [1.82, 2.24) is 0 Å². The summed E-state index contributed by atoms with van der Waals surface area (Å²) < 4.78 is 4.98. The first-order chi connectivity index (χ1) is 11.4. The van der Waals surface area contributed by atoms with E-state index in [1.807, 2.05) is 12.1 Å². The highest BCUT2D eigenvalue weighted by molar-refractivity contribution is 7.14. The van der Waals surface area contributed by atoms with Gasteiger partial charge in [0.05, 0.1) is 11.1 Å². The van der Waals surface area contributed by atoms with Crippen molar-refractivity contribution >= 4 is 34.1 Å². The molecule has 0 unspecified atom stereocenters. The summed E-state index contributed by atoms with van der Waals surface area (Å²) in [5.74, 6) is -1.38. The molecule has 1 aromatic carbocycles. The third kappa shape index (κ3) is 4.42. The van der Waals surface area contributed by atoms with Crippen LogP contribution in [0.1, 0.15) is 46.0 Å². The summed E-state index contributed by atoms with van der Waals surface area (Å²) in [6, 6.07) is 8.56. The smallest absolute Gasteiger partial charge is 0.338 e. The van der Waals surface area contributed by atoms with Crippen molar-refractivity contribution in [2.75, 3.05) is 11.9 Å². The first-order valence-corrected chi connectivity index (χ1v) is 8.20. The van der Waals surface area contributed by atoms with Crippen LogP contribution in [0.3, 0.4) is 0 Å². The summed E-state index contributed by atoms with van der Waals surface area (Å²) in [5.41, 5.74) is 6.91. The van der Waals surface area contributed by atoms with Gasteiger partial charge in [0.1, 0.15) is 5.00 Å². The lowest BCUT2D eigenvalue weighted by Gasteiger charge is -2.08. The van der Waals surface area contributed by atoms with E-state index in [4.69, 9.17) is 10.5 Å². The largest absolute Gasteiger partial charge is 0.452 e. The number of esters is 1. The fourth-order valence-electron chi connectivity index (χ4n) is 1.98. The van der Waals surface area contributed by atoms with Crippen molar-refractivity contribution in [3.8, 4) is 0 Å². The van der Waals surface area contributed by atoms with E-state index in [1.54, 1.807) is 17.5 Å². The molecule has 2 aromatic rings. The van der Waals surface area contributed by atoms with E-state index in [-0.39, 0.29) is 5.56 Å². The molecule has 0 aliphatic rings. The molecule has 7 heteroatoms. The zero-order valence-corrected chi connectivity index (χ0v) is 14.2. The zero-order chi connectivity index (χ0) is 17.7. The highest BCUT2D eigenvalue weighted by Gasteiger charge is 2.14. The standard InChI is InChI=1S/C17H18N2O4S/c1-10(2)11-3-5-12(6-4-11)17(22)23-9-14(20)19-16-13(15(18)21)7-8-24-16/h3-8,10H,9H2,1-2H3,(H2,18,21)(H,19,20). The summed E-state index contributed by atoms with van der Waals surface area (Å²) in [6.07, 6.45) is 0. The Labute approximate surface area is 143 Å². The molecule has 126 valence electrons. The van der Waals surface area contributed by atoms with Crippen LogP contribution in [0.5, 0.6) is 0 Å². The molecule has 6 nitrogen and oxygen atoms in total. The molecule has 3 N–H and O–H groups in total. The van der Waals surface area contributed by atoms with Crippen LogP contribution in [0.15, 0.2) is 35.7 Å². The maximum absolute atomic E-state index is 11.9. The van der Waals surface area contributed by atoms with Crippen LogP contribution in [0.25, 0.3) is 0 Å². The highest BCUT2D eigenvalue weighted by atomic mass is 32.1. The number of hydrogen-bond donors (Lipinski definition) is 2. The van der Waals surface area contributed by atoms with Crippen LogP contribution in [-0.4, -0.2) is 24.4 Å². The van der Waals surface area contributed by atoms with Crippen molar-refractivity contribution in [1.29, 1.82) is 0 Å². The van der Waals surface area contributed by atoms with Crippen LogP contribution < -0.4 is 11.1 Å². The quantitative estimate of drug-likeness (QED) is 0.786. The fraction of sp³-hybridized carbons (Fsp3) is 0.235. The molecule has 1 aromatic heterocycles. The Balaban J connectivity index is 1.90. The Morgan fingerprint density at radius 1 is 1.17 bits per heavy atom. The third-order valence-electron chi connectivity index (χ3n) is 3.33. The summed E-state index contributed by atoms with van der Waals surface area (Å²) in [4.78, 5) is 34.9. The number of nitrogens with two attached hydrogens (primary N) is 1. The molecule has 0 atom stereocenters. The topological polar surface area (TPSA) is 98.5 Å². The molecular weight excluding hydrogens is 328 g/mol. The lowest BCUT2D eigenvalue weighted by atomic mass is 10.0. The van der Waals surface area contributed by atoms with Crippen LogP contribution in [0.2, 0.25) is 0 Å². The Morgan fingerprint density at radius 3 is 2.42 bits per heavy atom. The molecule has 0 spiro atoms. The molecule has 0 radical (unpaired) electrons. The summed E-state index contributed by atoms with van der Waals surface area (Å²) >= 11 is 1.17. The first kappa shape index (κ1) is 17.7. The predicted octanol–water partition coefficient (Wildman–Crippen LogP) is 2.77. The second kappa shape index (κ2) is 7.74. The molecule has 2 rings (SSSR count). The molecule has 1 heterocycles. The number of thiophene rings is 1. The number of benzene rings is 1. The molecule has 0 fully saturated rings. The van der Waals surface area contributed by atoms with Crippen LogP contribution in [0.4, 0.5) is 5.00 Å². The first-order valence-electron chi connectivity index (χ1n) is 7.32. The second-order valence-electron chi connectivity index (χ2n) is 5.43. The number of ether oxygens (including phenoxy) is 1. The molecule has 0 bridgehead atoms. The van der Waals surface area contributed by atoms with Gasteiger partial charge in [0.2, 0.25) is 0 Å². The van der Waals surface area contributed by atoms with Crippen molar-refractivity contribution in [3.63, 3.8) is 0 Å². The van der Waals surface area contributed by atoms with Gasteiger partial charge in [0.25, 0.3) is 11.8 Å². The van der Waals surface area contributed by atoms with Crippen molar-refractivity contribution in [2.24, 2.45) is 5.73 Å². The van der Waals surface area contributed by atoms with E-state index >= 15 is 0 Å². The number of carbonyl (C=O) groups excluding carboxylic acids is 3. The van der Waals surface area contributed by atoms with Gasteiger partial charge in [-0.2, -0.15) is 0 Å². The van der Waals surface area contributed by atoms with Crippen molar-refractivity contribution in [3.05, 3.63) is 52.4 Å². The monoisotopic (exact) mass is 346 g/mol. The van der Waals surface area contributed by atoms with Crippen LogP contribution >= 0.6 is 11.3 Å². The molecule has 0 aliphatic heterocycles. The number of hydrogen-bond acceptors (Lipinski definition) is 5. The van der Waals surface area contributed by atoms with Gasteiger partial charge < -0.3 is 15.8 Å². The van der Waals surface area contributed by atoms with Crippen molar-refractivity contribution in [2.45, 2.75) is 19.8 Å². The van der Waals surface area contributed by atoms with E-state index < -0.39 is 24.4 Å². The number of primary amides is 1. The number of amides is 2. The second-order valence-corrected chi connectivity index (χ2v) is 6.34. The van der Waals surface area contributed by atoms with Gasteiger partial charge in [-0.15, -0.1) is 11.3 Å². The summed E-state index contributed by atoms with van der Waals surface area (Å²) in [6.45, 7) is 3.67. The van der Waals surface area contributed by atoms with Gasteiger partial charge >= 0.3 is 5.97 Å². The van der Waals surface area contributed by atoms with Gasteiger partial charge in [0.15, 0.2) is 6.61 Å². The minimum Gasteiger partial charge on any atom is -0.452 e. The highest BCUT2D eigenvalue weighted by Crippen LogP contribution is 2.22. The fourth-order valence-corrected chi connectivity index (χ4v) is 2.79. The average Bonchev–Trinajstić information content (AvgIpc) is 3.01. The van der Waals surface area contributed by atoms with E-state index in [9.17, 15) is 14.4 Å². The van der Waals surface area contributed by atoms with Gasteiger partial charge in [0, 0.05) is 0 Å². The Hall–Kier alpha value is -2.67. The Morgan fingerprint density at radius 2 is 1.83 bits per heavy atom. The Kier molecular flexibility index (Phi) is 5.70. The zero-order valence-electron chi connectivity index (χ0n) is 13.4. The lowest BCUT2D eigenvalue weighted by Crippen LogP contribution is -2.22. The number of nitrogens with one attached hydrogen (secondary N) is 1. The van der Waals surface area contributed by atoms with E-state index in [2.05, 4.69) is 19.2 Å².